The molecule has 1 heteroatoms. The van der Waals surface area contributed by atoms with E-state index in [0.717, 1.165) is 12.8 Å². The maximum Gasteiger partial charge on any atom is 0.141 e. The molecule has 0 N–H and O–H groups in total. The molecule has 0 fully saturated rings. The highest BCUT2D eigenvalue weighted by Crippen LogP contribution is 2.32. The Morgan fingerprint density at radius 1 is 1.06 bits per heavy atom. The van der Waals surface area contributed by atoms with Gasteiger partial charge in [0.25, 0.3) is 0 Å². The van der Waals surface area contributed by atoms with Crippen molar-refractivity contribution in [2.45, 2.75) is 74.1 Å². The molecule has 0 unspecified atom stereocenters. The van der Waals surface area contributed by atoms with Gasteiger partial charge in [-0.2, -0.15) is 0 Å². The number of hydrogen-bond acceptors (Lipinski definition) is 1. The van der Waals surface area contributed by atoms with E-state index in [2.05, 4.69) is 27.7 Å². The summed E-state index contributed by atoms with van der Waals surface area (Å²) in [6.07, 6.45) is 4.42. The van der Waals surface area contributed by atoms with Crippen molar-refractivity contribution in [3.05, 3.63) is 0 Å². The van der Waals surface area contributed by atoms with Crippen LogP contribution in [0.5, 0.6) is 0 Å². The minimum Gasteiger partial charge on any atom is -0.299 e. The van der Waals surface area contributed by atoms with Crippen molar-refractivity contribution >= 4 is 5.78 Å². The first kappa shape index (κ1) is 15.7. The Bertz CT molecular complexity index is 215. The van der Waals surface area contributed by atoms with Crippen LogP contribution in [0, 0.1) is 16.7 Å². The van der Waals surface area contributed by atoms with Crippen LogP contribution in [0.4, 0.5) is 0 Å². The molecule has 0 radical (unpaired) electrons. The molecule has 0 spiro atoms. The van der Waals surface area contributed by atoms with E-state index < -0.39 is 0 Å². The molecule has 0 aromatic rings. The predicted molar refractivity (Wildman–Crippen MR) is 71.5 cm³/mol. The molecule has 0 bridgehead atoms. The molecule has 0 aliphatic rings. The van der Waals surface area contributed by atoms with Gasteiger partial charge < -0.3 is 0 Å². The molecule has 1 atom stereocenters. The number of rotatable bonds is 5. The van der Waals surface area contributed by atoms with Gasteiger partial charge in [-0.1, -0.05) is 61.3 Å². The highest BCUT2D eigenvalue weighted by atomic mass is 16.1. The molecule has 16 heavy (non-hydrogen) atoms. The van der Waals surface area contributed by atoms with E-state index in [1.807, 2.05) is 20.8 Å². The standard InChI is InChI=1S/C15H30O/c1-8-9-10-12(11-14(2,3)4)13(16)15(5,6)7/h12H,8-11H2,1-7H3/t12-/m1/s1. The molecule has 0 saturated heterocycles. The third-order valence-corrected chi connectivity index (χ3v) is 2.87. The van der Waals surface area contributed by atoms with E-state index >= 15 is 0 Å². The molecular formula is C15H30O. The second-order valence-electron chi connectivity index (χ2n) is 7.22. The summed E-state index contributed by atoms with van der Waals surface area (Å²) in [7, 11) is 0. The number of ketones is 1. The molecule has 0 rings (SSSR count). The lowest BCUT2D eigenvalue weighted by atomic mass is 9.74. The Hall–Kier alpha value is -0.330. The smallest absolute Gasteiger partial charge is 0.141 e. The summed E-state index contributed by atoms with van der Waals surface area (Å²) >= 11 is 0. The van der Waals surface area contributed by atoms with Crippen LogP contribution in [0.2, 0.25) is 0 Å². The summed E-state index contributed by atoms with van der Waals surface area (Å²) in [5, 5.41) is 0. The zero-order valence-corrected chi connectivity index (χ0v) is 12.3. The van der Waals surface area contributed by atoms with Crippen molar-refractivity contribution in [1.82, 2.24) is 0 Å². The zero-order valence-electron chi connectivity index (χ0n) is 12.3. The van der Waals surface area contributed by atoms with Gasteiger partial charge in [0.2, 0.25) is 0 Å². The highest BCUT2D eigenvalue weighted by molar-refractivity contribution is 5.85. The van der Waals surface area contributed by atoms with Gasteiger partial charge in [0.05, 0.1) is 0 Å². The first-order valence-corrected chi connectivity index (χ1v) is 6.62. The van der Waals surface area contributed by atoms with Crippen molar-refractivity contribution in [1.29, 1.82) is 0 Å². The van der Waals surface area contributed by atoms with Gasteiger partial charge in [0, 0.05) is 11.3 Å². The molecule has 0 amide bonds. The van der Waals surface area contributed by atoms with Gasteiger partial charge in [-0.05, 0) is 18.3 Å². The van der Waals surface area contributed by atoms with E-state index in [1.54, 1.807) is 0 Å². The van der Waals surface area contributed by atoms with E-state index in [9.17, 15) is 4.79 Å². The lowest BCUT2D eigenvalue weighted by Crippen LogP contribution is -2.31. The number of carbonyl (C=O) groups is 1. The van der Waals surface area contributed by atoms with Crippen LogP contribution in [0.3, 0.4) is 0 Å². The molecule has 1 nitrogen and oxygen atoms in total. The maximum atomic E-state index is 12.3. The Labute approximate surface area is 102 Å². The Balaban J connectivity index is 4.61. The second kappa shape index (κ2) is 5.84. The first-order valence-electron chi connectivity index (χ1n) is 6.62. The van der Waals surface area contributed by atoms with Crippen LogP contribution >= 0.6 is 0 Å². The zero-order chi connectivity index (χ0) is 13.0. The van der Waals surface area contributed by atoms with E-state index in [4.69, 9.17) is 0 Å². The molecule has 0 aromatic carbocycles. The minimum atomic E-state index is -0.191. The lowest BCUT2D eigenvalue weighted by molar-refractivity contribution is -0.131. The van der Waals surface area contributed by atoms with Crippen LogP contribution in [0.25, 0.3) is 0 Å². The summed E-state index contributed by atoms with van der Waals surface area (Å²) in [4.78, 5) is 12.3. The van der Waals surface area contributed by atoms with Crippen molar-refractivity contribution in [3.63, 3.8) is 0 Å². The number of carbonyl (C=O) groups excluding carboxylic acids is 1. The van der Waals surface area contributed by atoms with E-state index in [0.29, 0.717) is 5.78 Å². The Morgan fingerprint density at radius 2 is 1.56 bits per heavy atom. The van der Waals surface area contributed by atoms with Gasteiger partial charge in [-0.15, -0.1) is 0 Å². The fraction of sp³-hybridized carbons (Fsp3) is 0.933. The van der Waals surface area contributed by atoms with Gasteiger partial charge in [0.15, 0.2) is 0 Å². The quantitative estimate of drug-likeness (QED) is 0.655. The summed E-state index contributed by atoms with van der Waals surface area (Å²) in [5.41, 5.74) is 0.0585. The van der Waals surface area contributed by atoms with Gasteiger partial charge in [-0.3, -0.25) is 4.79 Å². The number of unbranched alkanes of at least 4 members (excludes halogenated alkanes) is 1. The third kappa shape index (κ3) is 6.30. The summed E-state index contributed by atoms with van der Waals surface area (Å²) in [6.45, 7) is 15.0. The van der Waals surface area contributed by atoms with Crippen LogP contribution in [-0.4, -0.2) is 5.78 Å². The fourth-order valence-corrected chi connectivity index (χ4v) is 2.13. The van der Waals surface area contributed by atoms with Crippen LogP contribution in [-0.2, 0) is 4.79 Å². The van der Waals surface area contributed by atoms with Crippen molar-refractivity contribution in [2.24, 2.45) is 16.7 Å². The minimum absolute atomic E-state index is 0.191. The summed E-state index contributed by atoms with van der Waals surface area (Å²) in [5.74, 6) is 0.691. The van der Waals surface area contributed by atoms with Crippen molar-refractivity contribution in [3.8, 4) is 0 Å². The molecular weight excluding hydrogens is 196 g/mol. The van der Waals surface area contributed by atoms with Gasteiger partial charge in [0.1, 0.15) is 5.78 Å². The average Bonchev–Trinajstić information content (AvgIpc) is 2.07. The first-order chi connectivity index (χ1) is 7.08. The van der Waals surface area contributed by atoms with Gasteiger partial charge in [-0.25, -0.2) is 0 Å². The monoisotopic (exact) mass is 226 g/mol. The van der Waals surface area contributed by atoms with Crippen molar-refractivity contribution < 1.29 is 4.79 Å². The molecule has 0 aliphatic carbocycles. The van der Waals surface area contributed by atoms with Crippen LogP contribution in [0.1, 0.15) is 74.1 Å². The van der Waals surface area contributed by atoms with Crippen LogP contribution < -0.4 is 0 Å². The Kier molecular flexibility index (Phi) is 5.72. The highest BCUT2D eigenvalue weighted by Gasteiger charge is 2.31. The SMILES string of the molecule is CCCC[C@H](CC(C)(C)C)C(=O)C(C)(C)C. The number of hydrogen-bond donors (Lipinski definition) is 0. The van der Waals surface area contributed by atoms with E-state index in [-0.39, 0.29) is 16.7 Å². The number of Topliss-reactive ketones (excluding diaryl/α,β-unsaturated/α-hetero) is 1. The van der Waals surface area contributed by atoms with Crippen molar-refractivity contribution in [2.75, 3.05) is 0 Å². The predicted octanol–water partition coefficient (Wildman–Crippen LogP) is 4.84. The molecule has 0 aliphatic heterocycles. The largest absolute Gasteiger partial charge is 0.299 e. The average molecular weight is 226 g/mol. The normalized spacial score (nSPS) is 14.9. The third-order valence-electron chi connectivity index (χ3n) is 2.87. The molecule has 0 saturated carbocycles. The topological polar surface area (TPSA) is 17.1 Å². The maximum absolute atomic E-state index is 12.3. The van der Waals surface area contributed by atoms with Crippen LogP contribution in [0.15, 0.2) is 0 Å². The summed E-state index contributed by atoms with van der Waals surface area (Å²) in [6, 6.07) is 0. The fourth-order valence-electron chi connectivity index (χ4n) is 2.13. The summed E-state index contributed by atoms with van der Waals surface area (Å²) < 4.78 is 0. The lowest BCUT2D eigenvalue weighted by Gasteiger charge is -2.29. The van der Waals surface area contributed by atoms with Gasteiger partial charge >= 0.3 is 0 Å². The Morgan fingerprint density at radius 3 is 1.88 bits per heavy atom. The van der Waals surface area contributed by atoms with E-state index in [1.165, 1.54) is 12.8 Å². The molecule has 0 heterocycles. The molecule has 0 aromatic heterocycles. The second-order valence-corrected chi connectivity index (χ2v) is 7.22. The molecule has 96 valence electrons.